The summed E-state index contributed by atoms with van der Waals surface area (Å²) < 4.78 is 19.3. The highest BCUT2D eigenvalue weighted by atomic mass is 19.1. The molecule has 6 nitrogen and oxygen atoms in total. The zero-order chi connectivity index (χ0) is 18.4. The largest absolute Gasteiger partial charge is 0.370 e. The Hall–Kier alpha value is -2.57. The molecule has 0 saturated heterocycles. The highest BCUT2D eigenvalue weighted by Crippen LogP contribution is 2.20. The van der Waals surface area contributed by atoms with Crippen LogP contribution in [-0.4, -0.2) is 24.3 Å². The third kappa shape index (κ3) is 4.71. The third-order valence-corrected chi connectivity index (χ3v) is 4.18. The first-order valence-corrected chi connectivity index (χ1v) is 8.43. The topological polar surface area (TPSA) is 70.4 Å². The number of benzene rings is 1. The fourth-order valence-corrected chi connectivity index (χ4v) is 2.65. The minimum atomic E-state index is -0.326. The SMILES string of the molecule is CCN(CC)c1ccc(CNC(=O)NCc2c(C)noc2C)cc1F. The second-order valence-corrected chi connectivity index (χ2v) is 5.80. The quantitative estimate of drug-likeness (QED) is 0.806. The minimum absolute atomic E-state index is 0.253. The lowest BCUT2D eigenvalue weighted by molar-refractivity contribution is 0.240. The molecule has 0 fully saturated rings. The van der Waals surface area contributed by atoms with Crippen LogP contribution in [0.3, 0.4) is 0 Å². The predicted molar refractivity (Wildman–Crippen MR) is 95.0 cm³/mol. The van der Waals surface area contributed by atoms with Crippen molar-refractivity contribution in [2.24, 2.45) is 0 Å². The molecule has 2 rings (SSSR count). The Balaban J connectivity index is 1.88. The van der Waals surface area contributed by atoms with Crippen molar-refractivity contribution in [3.05, 3.63) is 46.6 Å². The van der Waals surface area contributed by atoms with Gasteiger partial charge >= 0.3 is 6.03 Å². The van der Waals surface area contributed by atoms with Crippen LogP contribution in [-0.2, 0) is 13.1 Å². The molecule has 7 heteroatoms. The van der Waals surface area contributed by atoms with E-state index in [-0.39, 0.29) is 18.4 Å². The summed E-state index contributed by atoms with van der Waals surface area (Å²) in [5, 5.41) is 9.31. The molecule has 0 radical (unpaired) electrons. The van der Waals surface area contributed by atoms with Gasteiger partial charge in [-0.05, 0) is 45.4 Å². The molecular weight excluding hydrogens is 323 g/mol. The number of hydrogen-bond acceptors (Lipinski definition) is 4. The van der Waals surface area contributed by atoms with Crippen molar-refractivity contribution < 1.29 is 13.7 Å². The normalized spacial score (nSPS) is 10.6. The van der Waals surface area contributed by atoms with Crippen LogP contribution in [0.15, 0.2) is 22.7 Å². The predicted octanol–water partition coefficient (Wildman–Crippen LogP) is 3.28. The lowest BCUT2D eigenvalue weighted by atomic mass is 10.2. The number of hydrogen-bond donors (Lipinski definition) is 2. The van der Waals surface area contributed by atoms with Gasteiger partial charge in [-0.1, -0.05) is 11.2 Å². The summed E-state index contributed by atoms with van der Waals surface area (Å²) in [6, 6.07) is 4.71. The van der Waals surface area contributed by atoms with Crippen molar-refractivity contribution in [3.63, 3.8) is 0 Å². The van der Waals surface area contributed by atoms with Gasteiger partial charge in [0, 0.05) is 31.7 Å². The molecule has 1 heterocycles. The Kier molecular flexibility index (Phi) is 6.38. The molecule has 0 aliphatic carbocycles. The first kappa shape index (κ1) is 18.8. The highest BCUT2D eigenvalue weighted by molar-refractivity contribution is 5.73. The van der Waals surface area contributed by atoms with Gasteiger partial charge in [-0.25, -0.2) is 9.18 Å². The van der Waals surface area contributed by atoms with Gasteiger partial charge in [0.1, 0.15) is 11.6 Å². The fraction of sp³-hybridized carbons (Fsp3) is 0.444. The van der Waals surface area contributed by atoms with E-state index in [0.717, 1.165) is 24.3 Å². The Morgan fingerprint density at radius 1 is 1.20 bits per heavy atom. The van der Waals surface area contributed by atoms with Gasteiger partial charge in [-0.15, -0.1) is 0 Å². The number of carbonyl (C=O) groups is 1. The van der Waals surface area contributed by atoms with Crippen molar-refractivity contribution in [2.45, 2.75) is 40.8 Å². The maximum atomic E-state index is 14.2. The fourth-order valence-electron chi connectivity index (χ4n) is 2.65. The molecule has 2 amide bonds. The average molecular weight is 348 g/mol. The molecule has 0 atom stereocenters. The van der Waals surface area contributed by atoms with Crippen LogP contribution in [0.1, 0.15) is 36.4 Å². The molecule has 0 aliphatic heterocycles. The van der Waals surface area contributed by atoms with E-state index < -0.39 is 0 Å². The first-order chi connectivity index (χ1) is 12.0. The van der Waals surface area contributed by atoms with Crippen LogP contribution in [0.5, 0.6) is 0 Å². The molecule has 1 aromatic carbocycles. The van der Waals surface area contributed by atoms with Crippen LogP contribution in [0.25, 0.3) is 0 Å². The molecule has 136 valence electrons. The van der Waals surface area contributed by atoms with E-state index >= 15 is 0 Å². The van der Waals surface area contributed by atoms with Crippen molar-refractivity contribution in [2.75, 3.05) is 18.0 Å². The Labute approximate surface area is 147 Å². The van der Waals surface area contributed by atoms with E-state index in [2.05, 4.69) is 15.8 Å². The Morgan fingerprint density at radius 2 is 1.88 bits per heavy atom. The molecule has 0 aliphatic rings. The van der Waals surface area contributed by atoms with Gasteiger partial charge in [0.05, 0.1) is 11.4 Å². The highest BCUT2D eigenvalue weighted by Gasteiger charge is 2.11. The lowest BCUT2D eigenvalue weighted by Gasteiger charge is -2.22. The molecular formula is C18H25FN4O2. The van der Waals surface area contributed by atoms with Gasteiger partial charge in [0.25, 0.3) is 0 Å². The number of carbonyl (C=O) groups excluding carboxylic acids is 1. The van der Waals surface area contributed by atoms with Gasteiger partial charge in [0.2, 0.25) is 0 Å². The van der Waals surface area contributed by atoms with Gasteiger partial charge < -0.3 is 20.1 Å². The second kappa shape index (κ2) is 8.50. The minimum Gasteiger partial charge on any atom is -0.370 e. The number of aryl methyl sites for hydroxylation is 2. The third-order valence-electron chi connectivity index (χ3n) is 4.18. The van der Waals surface area contributed by atoms with E-state index in [4.69, 9.17) is 4.52 Å². The van der Waals surface area contributed by atoms with E-state index in [0.29, 0.717) is 23.6 Å². The summed E-state index contributed by atoms with van der Waals surface area (Å²) in [6.07, 6.45) is 0. The smallest absolute Gasteiger partial charge is 0.315 e. The molecule has 2 N–H and O–H groups in total. The van der Waals surface area contributed by atoms with Crippen molar-refractivity contribution >= 4 is 11.7 Å². The second-order valence-electron chi connectivity index (χ2n) is 5.80. The Bertz CT molecular complexity index is 706. The number of urea groups is 1. The van der Waals surface area contributed by atoms with Gasteiger partial charge in [0.15, 0.2) is 0 Å². The summed E-state index contributed by atoms with van der Waals surface area (Å²) in [5.74, 6) is 0.408. The van der Waals surface area contributed by atoms with E-state index in [9.17, 15) is 9.18 Å². The summed E-state index contributed by atoms with van der Waals surface area (Å²) in [7, 11) is 0. The van der Waals surface area contributed by atoms with Gasteiger partial charge in [-0.2, -0.15) is 0 Å². The molecule has 0 unspecified atom stereocenters. The summed E-state index contributed by atoms with van der Waals surface area (Å²) in [5.41, 5.74) is 2.91. The zero-order valence-corrected chi connectivity index (χ0v) is 15.1. The average Bonchev–Trinajstić information content (AvgIpc) is 2.92. The number of nitrogens with zero attached hydrogens (tertiary/aromatic N) is 2. The van der Waals surface area contributed by atoms with Crippen molar-refractivity contribution in [1.82, 2.24) is 15.8 Å². The summed E-state index contributed by atoms with van der Waals surface area (Å²) in [6.45, 7) is 9.68. The van der Waals surface area contributed by atoms with E-state index in [1.54, 1.807) is 13.0 Å². The molecule has 0 spiro atoms. The monoisotopic (exact) mass is 348 g/mol. The van der Waals surface area contributed by atoms with Crippen LogP contribution in [0.4, 0.5) is 14.9 Å². The van der Waals surface area contributed by atoms with Gasteiger partial charge in [-0.3, -0.25) is 0 Å². The summed E-state index contributed by atoms with van der Waals surface area (Å²) in [4.78, 5) is 13.9. The van der Waals surface area contributed by atoms with Crippen LogP contribution in [0.2, 0.25) is 0 Å². The molecule has 2 aromatic rings. The maximum absolute atomic E-state index is 14.2. The molecule has 0 bridgehead atoms. The van der Waals surface area contributed by atoms with E-state index in [1.807, 2.05) is 31.7 Å². The van der Waals surface area contributed by atoms with Crippen LogP contribution in [0, 0.1) is 19.7 Å². The molecule has 1 aromatic heterocycles. The number of nitrogens with one attached hydrogen (secondary N) is 2. The number of rotatable bonds is 7. The van der Waals surface area contributed by atoms with Crippen LogP contribution < -0.4 is 15.5 Å². The van der Waals surface area contributed by atoms with Crippen LogP contribution >= 0.6 is 0 Å². The summed E-state index contributed by atoms with van der Waals surface area (Å²) >= 11 is 0. The molecule has 0 saturated carbocycles. The number of anilines is 1. The van der Waals surface area contributed by atoms with Crippen molar-refractivity contribution in [1.29, 1.82) is 0 Å². The maximum Gasteiger partial charge on any atom is 0.315 e. The lowest BCUT2D eigenvalue weighted by Crippen LogP contribution is -2.34. The van der Waals surface area contributed by atoms with E-state index in [1.165, 1.54) is 6.07 Å². The number of aromatic nitrogens is 1. The first-order valence-electron chi connectivity index (χ1n) is 8.43. The Morgan fingerprint density at radius 3 is 2.44 bits per heavy atom. The zero-order valence-electron chi connectivity index (χ0n) is 15.1. The number of amides is 2. The number of halogens is 1. The molecule has 25 heavy (non-hydrogen) atoms. The standard InChI is InChI=1S/C18H25FN4O2/c1-5-23(6-2)17-8-7-14(9-16(17)19)10-20-18(24)21-11-15-12(3)22-25-13(15)4/h7-9H,5-6,10-11H2,1-4H3,(H2,20,21,24). The van der Waals surface area contributed by atoms with Crippen molar-refractivity contribution in [3.8, 4) is 0 Å².